The number of rotatable bonds is 3. The Labute approximate surface area is 126 Å². The monoisotopic (exact) mass is 305 g/mol. The van der Waals surface area contributed by atoms with Gasteiger partial charge in [0.25, 0.3) is 5.91 Å². The Morgan fingerprint density at radius 2 is 2.18 bits per heavy atom. The summed E-state index contributed by atoms with van der Waals surface area (Å²) >= 11 is 0. The number of carbonyl (C=O) groups is 2. The minimum Gasteiger partial charge on any atom is -0.478 e. The van der Waals surface area contributed by atoms with Crippen LogP contribution in [0.3, 0.4) is 0 Å². The molecule has 0 spiro atoms. The van der Waals surface area contributed by atoms with Crippen molar-refractivity contribution in [2.75, 3.05) is 19.8 Å². The van der Waals surface area contributed by atoms with Crippen molar-refractivity contribution >= 4 is 11.9 Å². The third kappa shape index (κ3) is 2.62. The van der Waals surface area contributed by atoms with Crippen molar-refractivity contribution in [3.05, 3.63) is 47.3 Å². The van der Waals surface area contributed by atoms with Crippen LogP contribution >= 0.6 is 0 Å². The molecule has 0 saturated carbocycles. The first-order valence-electron chi connectivity index (χ1n) is 6.83. The van der Waals surface area contributed by atoms with Crippen molar-refractivity contribution < 1.29 is 28.3 Å². The van der Waals surface area contributed by atoms with E-state index in [2.05, 4.69) is 0 Å². The van der Waals surface area contributed by atoms with Crippen molar-refractivity contribution in [2.45, 2.75) is 13.0 Å². The molecule has 1 unspecified atom stereocenters. The zero-order chi connectivity index (χ0) is 15.7. The summed E-state index contributed by atoms with van der Waals surface area (Å²) in [6, 6.07) is 4.50. The molecule has 1 saturated heterocycles. The first kappa shape index (κ1) is 14.4. The van der Waals surface area contributed by atoms with Gasteiger partial charge in [0.2, 0.25) is 0 Å². The molecule has 1 atom stereocenters. The largest absolute Gasteiger partial charge is 0.478 e. The van der Waals surface area contributed by atoms with E-state index in [1.54, 1.807) is 11.0 Å². The molecule has 3 heterocycles. The zero-order valence-electron chi connectivity index (χ0n) is 11.9. The number of nitrogens with zero attached hydrogens (tertiary/aromatic N) is 1. The van der Waals surface area contributed by atoms with E-state index in [-0.39, 0.29) is 23.3 Å². The van der Waals surface area contributed by atoms with Crippen LogP contribution in [0.5, 0.6) is 0 Å². The van der Waals surface area contributed by atoms with Crippen molar-refractivity contribution in [1.82, 2.24) is 4.90 Å². The van der Waals surface area contributed by atoms with Crippen LogP contribution in [0.4, 0.5) is 0 Å². The number of furan rings is 2. The highest BCUT2D eigenvalue weighted by Gasteiger charge is 2.33. The van der Waals surface area contributed by atoms with Crippen molar-refractivity contribution in [1.29, 1.82) is 0 Å². The summed E-state index contributed by atoms with van der Waals surface area (Å²) < 4.78 is 16.1. The Morgan fingerprint density at radius 1 is 1.36 bits per heavy atom. The lowest BCUT2D eigenvalue weighted by Crippen LogP contribution is -2.43. The van der Waals surface area contributed by atoms with Gasteiger partial charge in [-0.25, -0.2) is 4.79 Å². The molecule has 1 fully saturated rings. The van der Waals surface area contributed by atoms with Crippen LogP contribution in [0.15, 0.2) is 33.3 Å². The van der Waals surface area contributed by atoms with E-state index in [9.17, 15) is 9.59 Å². The van der Waals surface area contributed by atoms with Crippen molar-refractivity contribution in [3.8, 4) is 0 Å². The highest BCUT2D eigenvalue weighted by molar-refractivity contribution is 5.95. The topological polar surface area (TPSA) is 93.1 Å². The molecule has 7 nitrogen and oxygen atoms in total. The van der Waals surface area contributed by atoms with Crippen LogP contribution in [0.2, 0.25) is 0 Å². The van der Waals surface area contributed by atoms with Gasteiger partial charge in [-0.1, -0.05) is 0 Å². The summed E-state index contributed by atoms with van der Waals surface area (Å²) in [6.45, 7) is 2.94. The van der Waals surface area contributed by atoms with E-state index in [4.69, 9.17) is 18.7 Å². The van der Waals surface area contributed by atoms with Crippen LogP contribution in [-0.4, -0.2) is 41.6 Å². The van der Waals surface area contributed by atoms with Crippen molar-refractivity contribution in [3.63, 3.8) is 0 Å². The Hall–Kier alpha value is -2.54. The maximum absolute atomic E-state index is 12.6. The molecular formula is C15H15NO6. The molecule has 0 radical (unpaired) electrons. The third-order valence-corrected chi connectivity index (χ3v) is 3.54. The average Bonchev–Trinajstić information content (AvgIpc) is 3.15. The SMILES string of the molecule is Cc1ccc(C2COCCN2C(=O)c2cc(C(=O)O)co2)o1. The second-order valence-corrected chi connectivity index (χ2v) is 5.04. The van der Waals surface area contributed by atoms with Crippen LogP contribution in [0.25, 0.3) is 0 Å². The molecule has 7 heteroatoms. The van der Waals surface area contributed by atoms with Gasteiger partial charge in [0.1, 0.15) is 23.8 Å². The number of amides is 1. The van der Waals surface area contributed by atoms with Crippen molar-refractivity contribution in [2.24, 2.45) is 0 Å². The first-order chi connectivity index (χ1) is 10.6. The van der Waals surface area contributed by atoms with Gasteiger partial charge in [-0.3, -0.25) is 4.79 Å². The molecule has 3 rings (SSSR count). The van der Waals surface area contributed by atoms with Gasteiger partial charge in [0.05, 0.1) is 18.8 Å². The minimum absolute atomic E-state index is 0.00687. The lowest BCUT2D eigenvalue weighted by molar-refractivity contribution is -0.0104. The summed E-state index contributed by atoms with van der Waals surface area (Å²) in [4.78, 5) is 25.0. The molecular weight excluding hydrogens is 290 g/mol. The quantitative estimate of drug-likeness (QED) is 0.933. The molecule has 0 aromatic carbocycles. The van der Waals surface area contributed by atoms with Gasteiger partial charge >= 0.3 is 5.97 Å². The minimum atomic E-state index is -1.14. The Bertz CT molecular complexity index is 700. The molecule has 116 valence electrons. The van der Waals surface area contributed by atoms with E-state index >= 15 is 0 Å². The highest BCUT2D eigenvalue weighted by atomic mass is 16.5. The third-order valence-electron chi connectivity index (χ3n) is 3.54. The Morgan fingerprint density at radius 3 is 2.82 bits per heavy atom. The van der Waals surface area contributed by atoms with E-state index < -0.39 is 5.97 Å². The standard InChI is InChI=1S/C15H15NO6/c1-9-2-3-12(22-9)11-8-20-5-4-16(11)14(17)13-6-10(7-21-13)15(18)19/h2-3,6-7,11H,4-5,8H2,1H3,(H,18,19). The summed E-state index contributed by atoms with van der Waals surface area (Å²) in [6.07, 6.45) is 1.06. The van der Waals surface area contributed by atoms with Crippen LogP contribution in [0, 0.1) is 6.92 Å². The number of carbonyl (C=O) groups excluding carboxylic acids is 1. The fourth-order valence-electron chi connectivity index (χ4n) is 2.42. The molecule has 2 aromatic rings. The molecule has 1 N–H and O–H groups in total. The smallest absolute Gasteiger partial charge is 0.338 e. The zero-order valence-corrected chi connectivity index (χ0v) is 11.9. The second-order valence-electron chi connectivity index (χ2n) is 5.04. The van der Waals surface area contributed by atoms with E-state index in [1.165, 1.54) is 6.07 Å². The van der Waals surface area contributed by atoms with Crippen LogP contribution < -0.4 is 0 Å². The lowest BCUT2D eigenvalue weighted by Gasteiger charge is -2.33. The molecule has 1 aliphatic rings. The van der Waals surface area contributed by atoms with Gasteiger partial charge in [-0.15, -0.1) is 0 Å². The van der Waals surface area contributed by atoms with E-state index in [0.29, 0.717) is 25.5 Å². The predicted octanol–water partition coefficient (Wildman–Crippen LogP) is 2.09. The normalized spacial score (nSPS) is 18.4. The predicted molar refractivity (Wildman–Crippen MR) is 73.7 cm³/mol. The first-order valence-corrected chi connectivity index (χ1v) is 6.83. The number of ether oxygens (including phenoxy) is 1. The summed E-state index contributed by atoms with van der Waals surface area (Å²) in [5.41, 5.74) is -0.0537. The molecule has 22 heavy (non-hydrogen) atoms. The number of carboxylic acid groups (broad SMARTS) is 1. The van der Waals surface area contributed by atoms with Gasteiger partial charge < -0.3 is 23.6 Å². The second kappa shape index (κ2) is 5.69. The molecule has 0 bridgehead atoms. The number of aromatic carboxylic acids is 1. The maximum atomic E-state index is 12.6. The number of morpholine rings is 1. The summed E-state index contributed by atoms with van der Waals surface area (Å²) in [5, 5.41) is 8.90. The molecule has 1 amide bonds. The Balaban J connectivity index is 1.86. The fourth-order valence-corrected chi connectivity index (χ4v) is 2.42. The number of carboxylic acids is 1. The number of hydrogen-bond donors (Lipinski definition) is 1. The summed E-state index contributed by atoms with van der Waals surface area (Å²) in [5.74, 6) is -0.139. The summed E-state index contributed by atoms with van der Waals surface area (Å²) in [7, 11) is 0. The van der Waals surface area contributed by atoms with Gasteiger partial charge in [-0.05, 0) is 19.1 Å². The molecule has 0 aliphatic carbocycles. The maximum Gasteiger partial charge on any atom is 0.338 e. The van der Waals surface area contributed by atoms with Gasteiger partial charge in [0, 0.05) is 12.6 Å². The Kier molecular flexibility index (Phi) is 3.72. The van der Waals surface area contributed by atoms with Gasteiger partial charge in [-0.2, -0.15) is 0 Å². The highest BCUT2D eigenvalue weighted by Crippen LogP contribution is 2.27. The van der Waals surface area contributed by atoms with Crippen LogP contribution in [0.1, 0.15) is 38.5 Å². The fraction of sp³-hybridized carbons (Fsp3) is 0.333. The van der Waals surface area contributed by atoms with E-state index in [0.717, 1.165) is 12.0 Å². The number of aryl methyl sites for hydroxylation is 1. The lowest BCUT2D eigenvalue weighted by atomic mass is 10.1. The molecule has 1 aliphatic heterocycles. The van der Waals surface area contributed by atoms with E-state index in [1.807, 2.05) is 13.0 Å². The van der Waals surface area contributed by atoms with Gasteiger partial charge in [0.15, 0.2) is 5.76 Å². The number of hydrogen-bond acceptors (Lipinski definition) is 5. The molecule has 2 aromatic heterocycles. The average molecular weight is 305 g/mol. The van der Waals surface area contributed by atoms with Crippen LogP contribution in [-0.2, 0) is 4.74 Å².